The zero-order valence-corrected chi connectivity index (χ0v) is 18.4. The average Bonchev–Trinajstić information content (AvgIpc) is 2.89. The minimum atomic E-state index is -0.163. The molecule has 1 N–H and O–H groups in total. The van der Waals surface area contributed by atoms with Crippen molar-refractivity contribution in [1.29, 1.82) is 0 Å². The van der Waals surface area contributed by atoms with Crippen molar-refractivity contribution in [3.63, 3.8) is 0 Å². The molecule has 0 spiro atoms. The first-order chi connectivity index (χ1) is 16.7. The second kappa shape index (κ2) is 9.50. The molecule has 0 radical (unpaired) electrons. The lowest BCUT2D eigenvalue weighted by Crippen LogP contribution is -2.23. The van der Waals surface area contributed by atoms with Crippen LogP contribution in [0.4, 0.5) is 0 Å². The number of pyridine rings is 3. The van der Waals surface area contributed by atoms with Crippen LogP contribution in [0.5, 0.6) is 0 Å². The monoisotopic (exact) mass is 446 g/mol. The third-order valence-electron chi connectivity index (χ3n) is 5.65. The first-order valence-electron chi connectivity index (χ1n) is 11.0. The summed E-state index contributed by atoms with van der Waals surface area (Å²) in [5.74, 6) is -0.163. The Kier molecular flexibility index (Phi) is 5.95. The van der Waals surface area contributed by atoms with E-state index in [1.54, 1.807) is 35.3 Å². The van der Waals surface area contributed by atoms with Crippen molar-refractivity contribution in [3.05, 3.63) is 131 Å². The van der Waals surface area contributed by atoms with Gasteiger partial charge < -0.3 is 9.88 Å². The molecule has 0 unspecified atom stereocenters. The molecule has 5 rings (SSSR count). The van der Waals surface area contributed by atoms with E-state index in [-0.39, 0.29) is 11.5 Å². The Morgan fingerprint density at radius 1 is 0.882 bits per heavy atom. The highest BCUT2D eigenvalue weighted by atomic mass is 16.1. The van der Waals surface area contributed by atoms with Gasteiger partial charge in [-0.1, -0.05) is 48.5 Å². The van der Waals surface area contributed by atoms with Crippen molar-refractivity contribution < 1.29 is 4.79 Å². The van der Waals surface area contributed by atoms with Gasteiger partial charge in [0.15, 0.2) is 0 Å². The van der Waals surface area contributed by atoms with E-state index in [0.29, 0.717) is 24.3 Å². The number of nitrogens with one attached hydrogen (secondary N) is 1. The molecule has 6 nitrogen and oxygen atoms in total. The van der Waals surface area contributed by atoms with Gasteiger partial charge in [-0.3, -0.25) is 14.6 Å². The van der Waals surface area contributed by atoms with Crippen LogP contribution in [0.2, 0.25) is 0 Å². The highest BCUT2D eigenvalue weighted by Gasteiger charge is 2.14. The summed E-state index contributed by atoms with van der Waals surface area (Å²) in [6.07, 6.45) is 5.22. The molecule has 0 atom stereocenters. The quantitative estimate of drug-likeness (QED) is 0.418. The molecular formula is C28H22N4O2. The van der Waals surface area contributed by atoms with Crippen molar-refractivity contribution in [2.24, 2.45) is 0 Å². The van der Waals surface area contributed by atoms with Crippen LogP contribution in [0.15, 0.2) is 108 Å². The summed E-state index contributed by atoms with van der Waals surface area (Å²) in [4.78, 5) is 34.0. The molecule has 5 aromatic rings. The zero-order chi connectivity index (χ0) is 23.3. The minimum Gasteiger partial charge on any atom is -0.348 e. The van der Waals surface area contributed by atoms with Crippen LogP contribution in [0.25, 0.3) is 22.2 Å². The fraction of sp³-hybridized carbons (Fsp3) is 0.0714. The number of carbonyl (C=O) groups is 1. The van der Waals surface area contributed by atoms with Gasteiger partial charge in [-0.25, -0.2) is 4.98 Å². The molecule has 6 heteroatoms. The highest BCUT2D eigenvalue weighted by Crippen LogP contribution is 2.24. The number of benzene rings is 2. The van der Waals surface area contributed by atoms with Crippen LogP contribution in [-0.4, -0.2) is 20.4 Å². The Hall–Kier alpha value is -4.58. The van der Waals surface area contributed by atoms with Crippen molar-refractivity contribution in [2.45, 2.75) is 13.1 Å². The SMILES string of the molecule is O=C(NCc1ccc(Cn2ccccc2=O)cc1)c1cc(-c2cccnc2)nc2ccccc12. The Labute approximate surface area is 196 Å². The van der Waals surface area contributed by atoms with E-state index in [9.17, 15) is 9.59 Å². The molecule has 3 aromatic heterocycles. The van der Waals surface area contributed by atoms with Crippen molar-refractivity contribution in [3.8, 4) is 11.3 Å². The molecule has 0 bridgehead atoms. The molecule has 0 aliphatic rings. The second-order valence-corrected chi connectivity index (χ2v) is 7.98. The molecule has 2 aromatic carbocycles. The third-order valence-corrected chi connectivity index (χ3v) is 5.65. The summed E-state index contributed by atoms with van der Waals surface area (Å²) in [5.41, 5.74) is 4.86. The summed E-state index contributed by atoms with van der Waals surface area (Å²) in [7, 11) is 0. The number of amides is 1. The van der Waals surface area contributed by atoms with Gasteiger partial charge in [-0.05, 0) is 41.5 Å². The van der Waals surface area contributed by atoms with Crippen LogP contribution < -0.4 is 10.9 Å². The smallest absolute Gasteiger partial charge is 0.252 e. The second-order valence-electron chi connectivity index (χ2n) is 7.98. The molecule has 3 heterocycles. The Morgan fingerprint density at radius 2 is 1.68 bits per heavy atom. The number of aromatic nitrogens is 3. The lowest BCUT2D eigenvalue weighted by Gasteiger charge is -2.11. The molecule has 0 fully saturated rings. The molecule has 0 saturated heterocycles. The number of para-hydroxylation sites is 1. The number of rotatable bonds is 6. The fourth-order valence-electron chi connectivity index (χ4n) is 3.85. The van der Waals surface area contributed by atoms with Gasteiger partial charge in [-0.15, -0.1) is 0 Å². The lowest BCUT2D eigenvalue weighted by atomic mass is 10.0. The molecule has 1 amide bonds. The van der Waals surface area contributed by atoms with Gasteiger partial charge >= 0.3 is 0 Å². The predicted molar refractivity (Wildman–Crippen MR) is 132 cm³/mol. The molecule has 166 valence electrons. The van der Waals surface area contributed by atoms with E-state index in [0.717, 1.165) is 27.6 Å². The zero-order valence-electron chi connectivity index (χ0n) is 18.4. The number of hydrogen-bond donors (Lipinski definition) is 1. The van der Waals surface area contributed by atoms with Crippen molar-refractivity contribution in [1.82, 2.24) is 19.9 Å². The van der Waals surface area contributed by atoms with Gasteiger partial charge in [0, 0.05) is 42.2 Å². The van der Waals surface area contributed by atoms with Gasteiger partial charge in [0.05, 0.1) is 23.3 Å². The topological polar surface area (TPSA) is 76.9 Å². The van der Waals surface area contributed by atoms with E-state index >= 15 is 0 Å². The molecule has 0 aliphatic carbocycles. The molecule has 0 aliphatic heterocycles. The summed E-state index contributed by atoms with van der Waals surface area (Å²) < 4.78 is 1.66. The summed E-state index contributed by atoms with van der Waals surface area (Å²) in [5, 5.41) is 3.83. The maximum atomic E-state index is 13.2. The van der Waals surface area contributed by atoms with E-state index in [2.05, 4.69) is 10.3 Å². The summed E-state index contributed by atoms with van der Waals surface area (Å²) in [6.45, 7) is 0.899. The lowest BCUT2D eigenvalue weighted by molar-refractivity contribution is 0.0952. The van der Waals surface area contributed by atoms with E-state index in [1.165, 1.54) is 0 Å². The highest BCUT2D eigenvalue weighted by molar-refractivity contribution is 6.07. The Morgan fingerprint density at radius 3 is 2.47 bits per heavy atom. The van der Waals surface area contributed by atoms with E-state index < -0.39 is 0 Å². The summed E-state index contributed by atoms with van der Waals surface area (Å²) in [6, 6.07) is 26.2. The van der Waals surface area contributed by atoms with Crippen LogP contribution in [0.1, 0.15) is 21.5 Å². The number of nitrogens with zero attached hydrogens (tertiary/aromatic N) is 3. The standard InChI is InChI=1S/C28H22N4O2/c33-27-9-3-4-15-32(27)19-21-12-10-20(11-13-21)17-30-28(34)24-16-26(22-6-5-14-29-18-22)31-25-8-2-1-7-23(24)25/h1-16,18H,17,19H2,(H,30,34). The maximum Gasteiger partial charge on any atom is 0.252 e. The van der Waals surface area contributed by atoms with E-state index in [1.807, 2.05) is 72.8 Å². The van der Waals surface area contributed by atoms with Gasteiger partial charge in [-0.2, -0.15) is 0 Å². The first-order valence-corrected chi connectivity index (χ1v) is 11.0. The normalized spacial score (nSPS) is 10.8. The molecule has 34 heavy (non-hydrogen) atoms. The Bertz CT molecular complexity index is 1510. The number of fused-ring (bicyclic) bond motifs is 1. The predicted octanol–water partition coefficient (Wildman–Crippen LogP) is 4.44. The van der Waals surface area contributed by atoms with Crippen molar-refractivity contribution in [2.75, 3.05) is 0 Å². The van der Waals surface area contributed by atoms with Crippen LogP contribution in [0.3, 0.4) is 0 Å². The molecule has 0 saturated carbocycles. The van der Waals surface area contributed by atoms with Gasteiger partial charge in [0.1, 0.15) is 0 Å². The Balaban J connectivity index is 1.34. The number of carbonyl (C=O) groups excluding carboxylic acids is 1. The van der Waals surface area contributed by atoms with Crippen LogP contribution >= 0.6 is 0 Å². The van der Waals surface area contributed by atoms with Crippen LogP contribution in [-0.2, 0) is 13.1 Å². The average molecular weight is 447 g/mol. The minimum absolute atomic E-state index is 0.0333. The fourth-order valence-corrected chi connectivity index (χ4v) is 3.85. The third kappa shape index (κ3) is 4.61. The first kappa shape index (κ1) is 21.3. The van der Waals surface area contributed by atoms with Crippen molar-refractivity contribution >= 4 is 16.8 Å². The summed E-state index contributed by atoms with van der Waals surface area (Å²) >= 11 is 0. The molecular weight excluding hydrogens is 424 g/mol. The maximum absolute atomic E-state index is 13.2. The van der Waals surface area contributed by atoms with Gasteiger partial charge in [0.2, 0.25) is 0 Å². The van der Waals surface area contributed by atoms with Crippen LogP contribution in [0, 0.1) is 0 Å². The van der Waals surface area contributed by atoms with Gasteiger partial charge in [0.25, 0.3) is 11.5 Å². The largest absolute Gasteiger partial charge is 0.348 e. The van der Waals surface area contributed by atoms with E-state index in [4.69, 9.17) is 4.98 Å². The number of hydrogen-bond acceptors (Lipinski definition) is 4.